The molecule has 0 aliphatic heterocycles. The minimum atomic E-state index is -3.82. The number of nitrogens with zero attached hydrogens (tertiary/aromatic N) is 2. The maximum atomic E-state index is 11.9. The number of sulfonamides is 2. The van der Waals surface area contributed by atoms with E-state index in [4.69, 9.17) is 0 Å². The number of hydrogen-bond donors (Lipinski definition) is 0. The predicted molar refractivity (Wildman–Crippen MR) is 77.3 cm³/mol. The third-order valence-corrected chi connectivity index (χ3v) is 6.50. The van der Waals surface area contributed by atoms with Crippen molar-refractivity contribution >= 4 is 20.0 Å². The number of hydrogen-bond acceptors (Lipinski definition) is 4. The lowest BCUT2D eigenvalue weighted by molar-refractivity contribution is -0.982. The van der Waals surface area contributed by atoms with Gasteiger partial charge in [0, 0.05) is 0 Å². The maximum absolute atomic E-state index is 11.9. The second-order valence-electron chi connectivity index (χ2n) is 5.20. The van der Waals surface area contributed by atoms with E-state index in [0.29, 0.717) is 16.9 Å². The molecule has 0 heterocycles. The van der Waals surface area contributed by atoms with Gasteiger partial charge >= 0.3 is 0 Å². The molecular weight excluding hydrogens is 288 g/mol. The summed E-state index contributed by atoms with van der Waals surface area (Å²) in [7, 11) is -5.97. The SMILES string of the molecule is CCCC[N+](C)(CCCC)N(S(C)(=O)=O)S(C)(=O)=O. The highest BCUT2D eigenvalue weighted by Crippen LogP contribution is 2.21. The van der Waals surface area contributed by atoms with E-state index >= 15 is 0 Å². The minimum absolute atomic E-state index is 0.0979. The summed E-state index contributed by atoms with van der Waals surface area (Å²) in [5, 5.41) is 0. The van der Waals surface area contributed by atoms with E-state index in [2.05, 4.69) is 0 Å². The average molecular weight is 315 g/mol. The Balaban J connectivity index is 5.62. The first-order chi connectivity index (χ1) is 8.49. The first kappa shape index (κ1) is 18.8. The highest BCUT2D eigenvalue weighted by Gasteiger charge is 2.44. The average Bonchev–Trinajstić information content (AvgIpc) is 2.19. The Morgan fingerprint density at radius 1 is 0.842 bits per heavy atom. The molecule has 0 amide bonds. The van der Waals surface area contributed by atoms with Crippen LogP contribution in [0, 0.1) is 0 Å². The summed E-state index contributed by atoms with van der Waals surface area (Å²) >= 11 is 0. The van der Waals surface area contributed by atoms with E-state index in [-0.39, 0.29) is 4.59 Å². The van der Waals surface area contributed by atoms with Gasteiger partial charge in [0.25, 0.3) is 20.0 Å². The number of quaternary nitrogens is 1. The van der Waals surface area contributed by atoms with Crippen molar-refractivity contribution < 1.29 is 21.4 Å². The molecule has 116 valence electrons. The van der Waals surface area contributed by atoms with Gasteiger partial charge in [0.2, 0.25) is 0 Å². The van der Waals surface area contributed by atoms with Crippen LogP contribution in [0.5, 0.6) is 0 Å². The normalized spacial score (nSPS) is 14.0. The fourth-order valence-electron chi connectivity index (χ4n) is 2.23. The van der Waals surface area contributed by atoms with Crippen LogP contribution in [-0.4, -0.2) is 57.9 Å². The van der Waals surface area contributed by atoms with E-state index in [9.17, 15) is 16.8 Å². The largest absolute Gasteiger partial charge is 0.268 e. The lowest BCUT2D eigenvalue weighted by atomic mass is 10.2. The molecule has 0 bridgehead atoms. The second-order valence-corrected chi connectivity index (χ2v) is 9.05. The quantitative estimate of drug-likeness (QED) is 0.473. The van der Waals surface area contributed by atoms with Crippen LogP contribution in [0.2, 0.25) is 0 Å². The number of unbranched alkanes of at least 4 members (excludes halogenated alkanes) is 2. The molecule has 0 aromatic heterocycles. The third-order valence-electron chi connectivity index (χ3n) is 2.95. The van der Waals surface area contributed by atoms with Crippen LogP contribution in [0.15, 0.2) is 0 Å². The Kier molecular flexibility index (Phi) is 6.94. The van der Waals surface area contributed by atoms with Gasteiger partial charge in [-0.25, -0.2) is 21.4 Å². The van der Waals surface area contributed by atoms with Crippen molar-refractivity contribution in [1.82, 2.24) is 3.82 Å². The molecule has 0 aliphatic rings. The van der Waals surface area contributed by atoms with Crippen LogP contribution in [0.25, 0.3) is 0 Å². The van der Waals surface area contributed by atoms with Crippen molar-refractivity contribution in [2.75, 3.05) is 32.6 Å². The van der Waals surface area contributed by atoms with E-state index in [1.807, 2.05) is 13.8 Å². The Hall–Kier alpha value is -0.180. The Morgan fingerprint density at radius 2 is 1.16 bits per heavy atom. The highest BCUT2D eigenvalue weighted by atomic mass is 32.3. The first-order valence-corrected chi connectivity index (χ1v) is 10.2. The lowest BCUT2D eigenvalue weighted by Gasteiger charge is -2.39. The fraction of sp³-hybridized carbons (Fsp3) is 1.00. The molecule has 0 saturated carbocycles. The summed E-state index contributed by atoms with van der Waals surface area (Å²) in [6.45, 7) is 4.98. The molecule has 0 aromatic rings. The first-order valence-electron chi connectivity index (χ1n) is 6.54. The van der Waals surface area contributed by atoms with Gasteiger partial charge in [-0.2, -0.15) is 0 Å². The van der Waals surface area contributed by atoms with Gasteiger partial charge in [-0.1, -0.05) is 26.7 Å². The summed E-state index contributed by atoms with van der Waals surface area (Å²) in [5.41, 5.74) is 0. The standard InChI is InChI=1S/C11H27N2O4S2/c1-6-8-10-13(3,11-9-7-2)12(18(4,14)15)19(5,16)17/h6-11H2,1-5H3/q+1. The third kappa shape index (κ3) is 5.76. The zero-order valence-corrected chi connectivity index (χ0v) is 14.2. The van der Waals surface area contributed by atoms with E-state index in [1.165, 1.54) is 0 Å². The zero-order valence-electron chi connectivity index (χ0n) is 12.6. The summed E-state index contributed by atoms with van der Waals surface area (Å²) in [4.78, 5) is 0. The molecule has 0 N–H and O–H groups in total. The molecule has 6 nitrogen and oxygen atoms in total. The number of rotatable bonds is 9. The van der Waals surface area contributed by atoms with Gasteiger partial charge in [0.05, 0.1) is 36.5 Å². The maximum Gasteiger partial charge on any atom is 0.268 e. The van der Waals surface area contributed by atoms with Gasteiger partial charge in [-0.05, 0) is 12.8 Å². The van der Waals surface area contributed by atoms with E-state index in [0.717, 1.165) is 38.2 Å². The molecule has 0 rings (SSSR count). The van der Waals surface area contributed by atoms with Crippen molar-refractivity contribution in [1.29, 1.82) is 0 Å². The summed E-state index contributed by atoms with van der Waals surface area (Å²) in [6.07, 6.45) is 5.23. The van der Waals surface area contributed by atoms with Gasteiger partial charge in [-0.3, -0.25) is 0 Å². The Bertz CT molecular complexity index is 431. The molecule has 0 radical (unpaired) electrons. The summed E-state index contributed by atoms with van der Waals surface area (Å²) < 4.78 is 48.1. The van der Waals surface area contributed by atoms with Crippen molar-refractivity contribution in [3.05, 3.63) is 0 Å². The molecule has 0 spiro atoms. The van der Waals surface area contributed by atoms with Crippen LogP contribution >= 0.6 is 0 Å². The highest BCUT2D eigenvalue weighted by molar-refractivity contribution is 8.03. The summed E-state index contributed by atoms with van der Waals surface area (Å²) in [5.74, 6) is 0. The van der Waals surface area contributed by atoms with Gasteiger partial charge in [0.15, 0.2) is 0 Å². The molecule has 19 heavy (non-hydrogen) atoms. The smallest absolute Gasteiger partial charge is 0.217 e. The van der Waals surface area contributed by atoms with Crippen LogP contribution in [0.1, 0.15) is 39.5 Å². The second kappa shape index (κ2) is 7.01. The van der Waals surface area contributed by atoms with E-state index < -0.39 is 20.0 Å². The molecule has 0 aliphatic carbocycles. The molecule has 0 saturated heterocycles. The monoisotopic (exact) mass is 315 g/mol. The Labute approximate surface area is 118 Å². The topological polar surface area (TPSA) is 71.5 Å². The zero-order chi connectivity index (χ0) is 15.3. The van der Waals surface area contributed by atoms with Crippen LogP contribution in [-0.2, 0) is 20.0 Å². The molecule has 0 fully saturated rings. The van der Waals surface area contributed by atoms with Crippen molar-refractivity contribution in [2.45, 2.75) is 39.5 Å². The van der Waals surface area contributed by atoms with Gasteiger partial charge in [-0.15, -0.1) is 0 Å². The van der Waals surface area contributed by atoms with Crippen molar-refractivity contribution in [3.8, 4) is 0 Å². The van der Waals surface area contributed by atoms with Crippen molar-refractivity contribution in [3.63, 3.8) is 0 Å². The molecule has 0 unspecified atom stereocenters. The van der Waals surface area contributed by atoms with Gasteiger partial charge < -0.3 is 0 Å². The van der Waals surface area contributed by atoms with Crippen LogP contribution in [0.3, 0.4) is 0 Å². The molecule has 8 heteroatoms. The lowest BCUT2D eigenvalue weighted by Crippen LogP contribution is -2.62. The van der Waals surface area contributed by atoms with Crippen LogP contribution in [0.4, 0.5) is 0 Å². The Morgan fingerprint density at radius 3 is 1.37 bits per heavy atom. The minimum Gasteiger partial charge on any atom is -0.217 e. The summed E-state index contributed by atoms with van der Waals surface area (Å²) in [6, 6.07) is 0. The van der Waals surface area contributed by atoms with E-state index in [1.54, 1.807) is 7.05 Å². The fourth-order valence-corrected chi connectivity index (χ4v) is 5.96. The van der Waals surface area contributed by atoms with Gasteiger partial charge in [0.1, 0.15) is 0 Å². The van der Waals surface area contributed by atoms with Crippen LogP contribution < -0.4 is 0 Å². The molecule has 0 atom stereocenters. The molecule has 0 aromatic carbocycles. The van der Waals surface area contributed by atoms with Crippen molar-refractivity contribution in [2.24, 2.45) is 0 Å². The predicted octanol–water partition coefficient (Wildman–Crippen LogP) is 1.17. The molecular formula is C11H27N2O4S2+.